The van der Waals surface area contributed by atoms with Crippen LogP contribution in [-0.2, 0) is 15.7 Å². The van der Waals surface area contributed by atoms with Crippen molar-refractivity contribution >= 4 is 13.2 Å². The Morgan fingerprint density at radius 2 is 1.86 bits per heavy atom. The van der Waals surface area contributed by atoms with Gasteiger partial charge in [0.15, 0.2) is 0 Å². The summed E-state index contributed by atoms with van der Waals surface area (Å²) < 4.78 is 17.1. The van der Waals surface area contributed by atoms with E-state index in [0.29, 0.717) is 0 Å². The molecule has 4 nitrogen and oxygen atoms in total. The van der Waals surface area contributed by atoms with Crippen molar-refractivity contribution in [3.05, 3.63) is 29.5 Å². The molecule has 21 heavy (non-hydrogen) atoms. The van der Waals surface area contributed by atoms with Crippen LogP contribution < -0.4 is 4.74 Å². The smallest absolute Gasteiger partial charge is 0.487 e. The lowest BCUT2D eigenvalue weighted by Gasteiger charge is -2.32. The number of methoxy groups -OCH3 is 1. The van der Waals surface area contributed by atoms with E-state index in [4.69, 9.17) is 14.0 Å². The van der Waals surface area contributed by atoms with Crippen molar-refractivity contribution in [1.29, 1.82) is 0 Å². The summed E-state index contributed by atoms with van der Waals surface area (Å²) in [5.74, 6) is 2.69. The molecule has 5 heteroatoms. The molecule has 0 bridgehead atoms. The number of aryl methyl sites for hydroxylation is 1. The van der Waals surface area contributed by atoms with Gasteiger partial charge in [-0.25, -0.2) is 0 Å². The van der Waals surface area contributed by atoms with Gasteiger partial charge in [-0.2, -0.15) is 0 Å². The van der Waals surface area contributed by atoms with Crippen molar-refractivity contribution in [3.8, 4) is 5.75 Å². The summed E-state index contributed by atoms with van der Waals surface area (Å²) in [5, 5.41) is 0. The molecule has 2 heterocycles. The minimum Gasteiger partial charge on any atom is -0.495 e. The highest BCUT2D eigenvalue weighted by molar-refractivity contribution is 6.52. The molecule has 114 valence electrons. The summed E-state index contributed by atoms with van der Waals surface area (Å²) in [6.45, 7) is 10.3. The summed E-state index contributed by atoms with van der Waals surface area (Å²) in [7, 11) is 1.30. The van der Waals surface area contributed by atoms with Gasteiger partial charge in [-0.3, -0.25) is 4.98 Å². The second-order valence-corrected chi connectivity index (χ2v) is 6.25. The summed E-state index contributed by atoms with van der Waals surface area (Å²) in [6, 6.07) is 1.98. The third kappa shape index (κ3) is 3.30. The lowest BCUT2D eigenvalue weighted by Crippen LogP contribution is -2.41. The maximum absolute atomic E-state index is 5.96. The zero-order valence-electron chi connectivity index (χ0n) is 13.8. The van der Waals surface area contributed by atoms with Crippen LogP contribution >= 0.6 is 0 Å². The first-order chi connectivity index (χ1) is 9.79. The van der Waals surface area contributed by atoms with Crippen LogP contribution in [-0.4, -0.2) is 30.4 Å². The Bertz CT molecular complexity index is 524. The van der Waals surface area contributed by atoms with Gasteiger partial charge in [0, 0.05) is 5.69 Å². The fourth-order valence-electron chi connectivity index (χ4n) is 2.19. The number of hydrogen-bond donors (Lipinski definition) is 0. The van der Waals surface area contributed by atoms with Gasteiger partial charge in [0.1, 0.15) is 5.75 Å². The van der Waals surface area contributed by atoms with Crippen LogP contribution in [0.1, 0.15) is 45.9 Å². The largest absolute Gasteiger partial charge is 0.495 e. The second kappa shape index (κ2) is 5.81. The zero-order valence-corrected chi connectivity index (χ0v) is 13.8. The maximum Gasteiger partial charge on any atom is 0.487 e. The highest BCUT2D eigenvalue weighted by atomic mass is 16.7. The van der Waals surface area contributed by atoms with Crippen molar-refractivity contribution in [2.75, 3.05) is 7.11 Å². The van der Waals surface area contributed by atoms with Gasteiger partial charge in [0.25, 0.3) is 0 Å². The normalized spacial score (nSPS) is 20.2. The molecule has 1 aliphatic rings. The first-order valence-electron chi connectivity index (χ1n) is 7.36. The predicted molar refractivity (Wildman–Crippen MR) is 85.3 cm³/mol. The van der Waals surface area contributed by atoms with Crippen molar-refractivity contribution < 1.29 is 14.0 Å². The average Bonchev–Trinajstić information content (AvgIpc) is 2.64. The maximum atomic E-state index is 5.96. The van der Waals surface area contributed by atoms with Crippen LogP contribution in [0.2, 0.25) is 0 Å². The first-order valence-corrected chi connectivity index (χ1v) is 7.36. The third-order valence-corrected chi connectivity index (χ3v) is 4.25. The van der Waals surface area contributed by atoms with Crippen LogP contribution in [0.15, 0.2) is 18.2 Å². The standard InChI is InChI=1S/C16H24BNO3/c1-7-14-12(10-13(19-6)11-18-14)8-9-17-20-15(2,3)16(4,5)21-17/h8-11H,7H2,1-6H3/b9-8+. The molecule has 1 aromatic rings. The van der Waals surface area contributed by atoms with Crippen LogP contribution in [0.5, 0.6) is 5.75 Å². The summed E-state index contributed by atoms with van der Waals surface area (Å²) in [6.07, 6.45) is 4.61. The van der Waals surface area contributed by atoms with Gasteiger partial charge in [0.05, 0.1) is 24.5 Å². The molecule has 0 atom stereocenters. The number of hydrogen-bond acceptors (Lipinski definition) is 4. The molecule has 1 aromatic heterocycles. The summed E-state index contributed by atoms with van der Waals surface area (Å²) in [4.78, 5) is 4.41. The van der Waals surface area contributed by atoms with E-state index in [1.165, 1.54) is 0 Å². The van der Waals surface area contributed by atoms with Gasteiger partial charge in [-0.15, -0.1) is 0 Å². The van der Waals surface area contributed by atoms with Gasteiger partial charge >= 0.3 is 7.12 Å². The van der Waals surface area contributed by atoms with E-state index in [2.05, 4.69) is 11.9 Å². The molecular weight excluding hydrogens is 265 g/mol. The molecule has 1 saturated heterocycles. The molecule has 0 aliphatic carbocycles. The monoisotopic (exact) mass is 289 g/mol. The minimum atomic E-state index is -0.342. The lowest BCUT2D eigenvalue weighted by molar-refractivity contribution is 0.00578. The molecule has 0 unspecified atom stereocenters. The van der Waals surface area contributed by atoms with E-state index >= 15 is 0 Å². The Hall–Kier alpha value is -1.33. The molecular formula is C16H24BNO3. The third-order valence-electron chi connectivity index (χ3n) is 4.25. The fraction of sp³-hybridized carbons (Fsp3) is 0.562. The Balaban J connectivity index is 2.19. The van der Waals surface area contributed by atoms with E-state index in [9.17, 15) is 0 Å². The van der Waals surface area contributed by atoms with E-state index in [1.54, 1.807) is 13.3 Å². The summed E-state index contributed by atoms with van der Waals surface area (Å²) >= 11 is 0. The molecule has 0 radical (unpaired) electrons. The predicted octanol–water partition coefficient (Wildman–Crippen LogP) is 3.30. The molecule has 1 aliphatic heterocycles. The number of ether oxygens (including phenoxy) is 1. The minimum absolute atomic E-state index is 0.317. The van der Waals surface area contributed by atoms with Crippen LogP contribution in [0.25, 0.3) is 6.08 Å². The van der Waals surface area contributed by atoms with Gasteiger partial charge in [0.2, 0.25) is 0 Å². The lowest BCUT2D eigenvalue weighted by atomic mass is 9.89. The Labute approximate surface area is 127 Å². The van der Waals surface area contributed by atoms with Gasteiger partial charge < -0.3 is 14.0 Å². The van der Waals surface area contributed by atoms with E-state index < -0.39 is 0 Å². The second-order valence-electron chi connectivity index (χ2n) is 6.25. The quantitative estimate of drug-likeness (QED) is 0.797. The van der Waals surface area contributed by atoms with Crippen LogP contribution in [0.4, 0.5) is 0 Å². The molecule has 2 rings (SSSR count). The number of pyridine rings is 1. The molecule has 0 spiro atoms. The fourth-order valence-corrected chi connectivity index (χ4v) is 2.19. The van der Waals surface area contributed by atoms with Crippen LogP contribution in [0.3, 0.4) is 0 Å². The van der Waals surface area contributed by atoms with Crippen molar-refractivity contribution in [1.82, 2.24) is 4.98 Å². The Morgan fingerprint density at radius 1 is 1.24 bits per heavy atom. The summed E-state index contributed by atoms with van der Waals surface area (Å²) in [5.41, 5.74) is 1.43. The van der Waals surface area contributed by atoms with Crippen molar-refractivity contribution in [2.24, 2.45) is 0 Å². The SMILES string of the molecule is CCc1ncc(OC)cc1/C=C/B1OC(C)(C)C(C)(C)O1. The van der Waals surface area contributed by atoms with Crippen LogP contribution in [0, 0.1) is 0 Å². The Kier molecular flexibility index (Phi) is 4.44. The van der Waals surface area contributed by atoms with Crippen molar-refractivity contribution in [2.45, 2.75) is 52.2 Å². The molecule has 0 amide bonds. The molecule has 1 fully saturated rings. The van der Waals surface area contributed by atoms with Crippen molar-refractivity contribution in [3.63, 3.8) is 0 Å². The number of rotatable bonds is 4. The first kappa shape index (κ1) is 16.1. The molecule has 0 aromatic carbocycles. The van der Waals surface area contributed by atoms with E-state index in [0.717, 1.165) is 23.4 Å². The molecule has 0 saturated carbocycles. The van der Waals surface area contributed by atoms with E-state index in [-0.39, 0.29) is 18.3 Å². The van der Waals surface area contributed by atoms with E-state index in [1.807, 2.05) is 45.8 Å². The Morgan fingerprint density at radius 3 is 2.38 bits per heavy atom. The highest BCUT2D eigenvalue weighted by Crippen LogP contribution is 2.37. The van der Waals surface area contributed by atoms with Gasteiger partial charge in [-0.1, -0.05) is 19.0 Å². The number of aromatic nitrogens is 1. The average molecular weight is 289 g/mol. The zero-order chi connectivity index (χ0) is 15.7. The van der Waals surface area contributed by atoms with Gasteiger partial charge in [-0.05, 0) is 45.7 Å². The number of nitrogens with zero attached hydrogens (tertiary/aromatic N) is 1. The molecule has 0 N–H and O–H groups in total. The topological polar surface area (TPSA) is 40.6 Å². The highest BCUT2D eigenvalue weighted by Gasteiger charge is 2.49.